The lowest BCUT2D eigenvalue weighted by molar-refractivity contribution is -0.467. The van der Waals surface area contributed by atoms with Crippen LogP contribution in [0.3, 0.4) is 0 Å². The van der Waals surface area contributed by atoms with Crippen LogP contribution in [-0.2, 0) is 0 Å². The van der Waals surface area contributed by atoms with Crippen molar-refractivity contribution in [2.24, 2.45) is 0 Å². The Hall–Kier alpha value is -0.950. The van der Waals surface area contributed by atoms with Gasteiger partial charge in [-0.15, -0.1) is 0 Å². The fourth-order valence-electron chi connectivity index (χ4n) is 0.932. The molecule has 0 radical (unpaired) electrons. The number of aliphatic hydroxyl groups is 1. The van der Waals surface area contributed by atoms with Crippen molar-refractivity contribution in [3.05, 3.63) is 0 Å². The van der Waals surface area contributed by atoms with Gasteiger partial charge in [-0.2, -0.15) is 52.7 Å². The summed E-state index contributed by atoms with van der Waals surface area (Å²) in [4.78, 5) is 0. The molecule has 0 saturated carbocycles. The maximum absolute atomic E-state index is 12.8. The van der Waals surface area contributed by atoms with Crippen LogP contribution in [0.15, 0.2) is 0 Å². The molecule has 0 bridgehead atoms. The molecular weight excluding hydrogens is 335 g/mol. The van der Waals surface area contributed by atoms with E-state index in [2.05, 4.69) is 0 Å². The molecule has 20 heavy (non-hydrogen) atoms. The van der Waals surface area contributed by atoms with Gasteiger partial charge < -0.3 is 5.11 Å². The maximum atomic E-state index is 12.8. The van der Waals surface area contributed by atoms with E-state index < -0.39 is 36.0 Å². The Morgan fingerprint density at radius 3 is 0.900 bits per heavy atom. The van der Waals surface area contributed by atoms with Crippen molar-refractivity contribution in [1.29, 1.82) is 0 Å². The predicted octanol–water partition coefficient (Wildman–Crippen LogP) is 3.67. The summed E-state index contributed by atoms with van der Waals surface area (Å²) < 4.78 is 156. The molecule has 0 aliphatic rings. The van der Waals surface area contributed by atoms with E-state index in [1.54, 1.807) is 0 Å². The average molecular weight is 336 g/mol. The van der Waals surface area contributed by atoms with E-state index >= 15 is 0 Å². The first-order valence-corrected chi connectivity index (χ1v) is 3.93. The van der Waals surface area contributed by atoms with Gasteiger partial charge in [0.1, 0.15) is 0 Å². The molecule has 1 atom stereocenters. The van der Waals surface area contributed by atoms with E-state index in [4.69, 9.17) is 5.11 Å². The average Bonchev–Trinajstić information content (AvgIpc) is 2.10. The molecule has 122 valence electrons. The highest BCUT2D eigenvalue weighted by Crippen LogP contribution is 2.61. The second-order valence-electron chi connectivity index (χ2n) is 3.34. The Kier molecular flexibility index (Phi) is 4.07. The second-order valence-corrected chi connectivity index (χ2v) is 3.34. The zero-order valence-corrected chi connectivity index (χ0v) is 8.36. The molecule has 0 amide bonds. The summed E-state index contributed by atoms with van der Waals surface area (Å²) in [5, 5.41) is 7.43. The first-order valence-electron chi connectivity index (χ1n) is 3.93. The number of halogens is 13. The first-order chi connectivity index (χ1) is 8.25. The minimum Gasteiger partial charge on any atom is -0.333 e. The zero-order valence-electron chi connectivity index (χ0n) is 8.36. The molecule has 1 N–H and O–H groups in total. The Balaban J connectivity index is 6.38. The molecule has 0 aromatic carbocycles. The molecule has 0 saturated heterocycles. The third kappa shape index (κ3) is 2.26. The zero-order chi connectivity index (χ0) is 17.0. The Morgan fingerprint density at radius 1 is 0.450 bits per heavy atom. The second kappa shape index (κ2) is 4.27. The van der Waals surface area contributed by atoms with Crippen molar-refractivity contribution in [3.8, 4) is 0 Å². The largest absolute Gasteiger partial charge is 0.460 e. The van der Waals surface area contributed by atoms with Crippen LogP contribution < -0.4 is 0 Å². The van der Waals surface area contributed by atoms with Crippen LogP contribution in [0, 0.1) is 0 Å². The molecule has 0 rings (SSSR count). The highest BCUT2D eigenvalue weighted by Gasteiger charge is 2.93. The number of rotatable bonds is 3. The molecule has 1 nitrogen and oxygen atoms in total. The minimum atomic E-state index is -8.05. The van der Waals surface area contributed by atoms with Crippen molar-refractivity contribution in [3.63, 3.8) is 0 Å². The van der Waals surface area contributed by atoms with Gasteiger partial charge in [0.2, 0.25) is 0 Å². The van der Waals surface area contributed by atoms with Crippen LogP contribution in [0.5, 0.6) is 0 Å². The lowest BCUT2D eigenvalue weighted by Gasteiger charge is -2.40. The fraction of sp³-hybridized carbons (Fsp3) is 1.00. The summed E-state index contributed by atoms with van der Waals surface area (Å²) in [6.07, 6.45) is -22.4. The van der Waals surface area contributed by atoms with Crippen molar-refractivity contribution in [1.82, 2.24) is 0 Å². The van der Waals surface area contributed by atoms with Crippen LogP contribution in [-0.4, -0.2) is 41.1 Å². The van der Waals surface area contributed by atoms with Crippen molar-refractivity contribution in [2.45, 2.75) is 36.0 Å². The van der Waals surface area contributed by atoms with Gasteiger partial charge in [0.25, 0.3) is 0 Å². The number of hydrogen-bond acceptors (Lipinski definition) is 1. The van der Waals surface area contributed by atoms with Crippen LogP contribution in [0.4, 0.5) is 57.1 Å². The van der Waals surface area contributed by atoms with Crippen molar-refractivity contribution >= 4 is 0 Å². The van der Waals surface area contributed by atoms with Crippen LogP contribution in [0.25, 0.3) is 0 Å². The molecule has 0 aromatic rings. The summed E-state index contributed by atoms with van der Waals surface area (Å²) >= 11 is 0. The van der Waals surface area contributed by atoms with E-state index in [9.17, 15) is 57.1 Å². The maximum Gasteiger partial charge on any atom is 0.460 e. The lowest BCUT2D eigenvalue weighted by atomic mass is 9.90. The standard InChI is InChI=1S/C6HF13O/c7-1(4(12,13)14,6(18,19)20)2(8,9)3(10,11)5(15,16)17/h20H. The van der Waals surface area contributed by atoms with E-state index in [1.165, 1.54) is 0 Å². The lowest BCUT2D eigenvalue weighted by Crippen LogP contribution is -2.73. The molecule has 0 fully saturated rings. The Bertz CT molecular complexity index is 343. The summed E-state index contributed by atoms with van der Waals surface area (Å²) in [5.41, 5.74) is -7.87. The Labute approximate surface area is 99.5 Å². The number of alkyl halides is 13. The quantitative estimate of drug-likeness (QED) is 0.780. The fourth-order valence-corrected chi connectivity index (χ4v) is 0.932. The van der Waals surface area contributed by atoms with Gasteiger partial charge in [-0.25, -0.2) is 4.39 Å². The summed E-state index contributed by atoms with van der Waals surface area (Å²) in [5.74, 6) is -15.9. The topological polar surface area (TPSA) is 20.2 Å². The van der Waals surface area contributed by atoms with Crippen LogP contribution >= 0.6 is 0 Å². The monoisotopic (exact) mass is 336 g/mol. The smallest absolute Gasteiger partial charge is 0.333 e. The van der Waals surface area contributed by atoms with Crippen LogP contribution in [0.1, 0.15) is 0 Å². The summed E-state index contributed by atoms with van der Waals surface area (Å²) in [6, 6.07) is 0. The molecule has 0 spiro atoms. The van der Waals surface area contributed by atoms with E-state index in [-0.39, 0.29) is 0 Å². The van der Waals surface area contributed by atoms with Gasteiger partial charge >= 0.3 is 36.0 Å². The summed E-state index contributed by atoms with van der Waals surface area (Å²) in [7, 11) is 0. The molecule has 1 unspecified atom stereocenters. The van der Waals surface area contributed by atoms with E-state index in [0.717, 1.165) is 0 Å². The number of hydrogen-bond donors (Lipinski definition) is 1. The highest BCUT2D eigenvalue weighted by atomic mass is 19.4. The van der Waals surface area contributed by atoms with Gasteiger partial charge in [-0.05, 0) is 0 Å². The van der Waals surface area contributed by atoms with Crippen molar-refractivity contribution < 1.29 is 62.2 Å². The third-order valence-corrected chi connectivity index (χ3v) is 1.99. The SMILES string of the molecule is OC(F)(F)C(F)(C(F)(F)F)C(F)(F)C(F)(F)C(F)(F)F. The van der Waals surface area contributed by atoms with Gasteiger partial charge in [0.05, 0.1) is 0 Å². The molecule has 0 heterocycles. The van der Waals surface area contributed by atoms with Crippen LogP contribution in [0.2, 0.25) is 0 Å². The molecule has 0 aliphatic heterocycles. The van der Waals surface area contributed by atoms with E-state index in [0.29, 0.717) is 0 Å². The van der Waals surface area contributed by atoms with Gasteiger partial charge in [-0.3, -0.25) is 0 Å². The van der Waals surface area contributed by atoms with Gasteiger partial charge in [0, 0.05) is 0 Å². The predicted molar refractivity (Wildman–Crippen MR) is 33.0 cm³/mol. The third-order valence-electron chi connectivity index (χ3n) is 1.99. The Morgan fingerprint density at radius 2 is 0.750 bits per heavy atom. The molecule has 14 heteroatoms. The van der Waals surface area contributed by atoms with Gasteiger partial charge in [-0.1, -0.05) is 0 Å². The van der Waals surface area contributed by atoms with Crippen molar-refractivity contribution in [2.75, 3.05) is 0 Å². The van der Waals surface area contributed by atoms with Gasteiger partial charge in [0.15, 0.2) is 0 Å². The minimum absolute atomic E-state index is 7.27. The first kappa shape index (κ1) is 19.1. The molecule has 0 aliphatic carbocycles. The van der Waals surface area contributed by atoms with E-state index in [1.807, 2.05) is 0 Å². The highest BCUT2D eigenvalue weighted by molar-refractivity contribution is 5.12. The molecular formula is C6HF13O. The summed E-state index contributed by atoms with van der Waals surface area (Å²) in [6.45, 7) is 0. The molecule has 0 aromatic heterocycles. The normalized spacial score (nSPS) is 18.9.